The van der Waals surface area contributed by atoms with E-state index >= 15 is 0 Å². The van der Waals surface area contributed by atoms with E-state index in [2.05, 4.69) is 127 Å². The van der Waals surface area contributed by atoms with Gasteiger partial charge in [0, 0.05) is 37.1 Å². The molecule has 0 N–H and O–H groups in total. The Labute approximate surface area is 230 Å². The predicted octanol–water partition coefficient (Wildman–Crippen LogP) is 10.8. The summed E-state index contributed by atoms with van der Waals surface area (Å²) in [5.74, 6) is 0. The van der Waals surface area contributed by atoms with Crippen LogP contribution in [0.1, 0.15) is 0 Å². The lowest BCUT2D eigenvalue weighted by Gasteiger charge is -2.10. The van der Waals surface area contributed by atoms with Crippen LogP contribution < -0.4 is 0 Å². The molecule has 8 rings (SSSR count). The molecule has 182 valence electrons. The smallest absolute Gasteiger partial charge is 0.0786 e. The lowest BCUT2D eigenvalue weighted by atomic mass is 9.94. The monoisotopic (exact) mass is 513 g/mol. The Morgan fingerprint density at radius 3 is 1.85 bits per heavy atom. The minimum absolute atomic E-state index is 1.06. The third-order valence-electron chi connectivity index (χ3n) is 7.72. The fourth-order valence-corrected chi connectivity index (χ4v) is 6.83. The molecule has 6 aromatic carbocycles. The SMILES string of the molecule is c1ccc(-c2ccc(-c3ccc4sc5ccc(-c6cccc7ccc8cccnc8c67)cc5c4c3)cc2)cc1. The average Bonchev–Trinajstić information content (AvgIpc) is 3.38. The third kappa shape index (κ3) is 3.72. The second kappa shape index (κ2) is 8.90. The quantitative estimate of drug-likeness (QED) is 0.214. The van der Waals surface area contributed by atoms with E-state index in [1.54, 1.807) is 0 Å². The number of fused-ring (bicyclic) bond motifs is 6. The maximum absolute atomic E-state index is 4.77. The maximum atomic E-state index is 4.77. The largest absolute Gasteiger partial charge is 0.256 e. The summed E-state index contributed by atoms with van der Waals surface area (Å²) in [7, 11) is 0. The minimum Gasteiger partial charge on any atom is -0.256 e. The average molecular weight is 514 g/mol. The Hall–Kier alpha value is -4.79. The molecule has 0 unspecified atom stereocenters. The molecule has 0 bridgehead atoms. The summed E-state index contributed by atoms with van der Waals surface area (Å²) in [5.41, 5.74) is 8.47. The van der Waals surface area contributed by atoms with Gasteiger partial charge in [0.2, 0.25) is 0 Å². The number of thiophene rings is 1. The lowest BCUT2D eigenvalue weighted by Crippen LogP contribution is -1.86. The zero-order valence-corrected chi connectivity index (χ0v) is 22.0. The molecule has 0 radical (unpaired) electrons. The summed E-state index contributed by atoms with van der Waals surface area (Å²) in [5, 5.41) is 6.22. The molecular weight excluding hydrogens is 490 g/mol. The Morgan fingerprint density at radius 1 is 0.436 bits per heavy atom. The number of pyridine rings is 1. The molecule has 2 heteroatoms. The van der Waals surface area contributed by atoms with Gasteiger partial charge in [0.25, 0.3) is 0 Å². The molecule has 0 saturated heterocycles. The number of benzene rings is 6. The Morgan fingerprint density at radius 2 is 1.05 bits per heavy atom. The molecule has 39 heavy (non-hydrogen) atoms. The summed E-state index contributed by atoms with van der Waals surface area (Å²) in [4.78, 5) is 4.77. The van der Waals surface area contributed by atoms with Crippen LogP contribution in [0.3, 0.4) is 0 Å². The van der Waals surface area contributed by atoms with Crippen molar-refractivity contribution in [2.24, 2.45) is 0 Å². The molecule has 0 aliphatic heterocycles. The summed E-state index contributed by atoms with van der Waals surface area (Å²) < 4.78 is 2.63. The van der Waals surface area contributed by atoms with Crippen LogP contribution in [-0.2, 0) is 0 Å². The normalized spacial score (nSPS) is 11.6. The van der Waals surface area contributed by atoms with Crippen LogP contribution in [0.25, 0.3) is 75.2 Å². The third-order valence-corrected chi connectivity index (χ3v) is 8.87. The molecule has 0 fully saturated rings. The van der Waals surface area contributed by atoms with E-state index in [1.807, 2.05) is 23.6 Å². The molecule has 2 aromatic heterocycles. The molecule has 2 heterocycles. The number of rotatable bonds is 3. The van der Waals surface area contributed by atoms with E-state index in [0.29, 0.717) is 0 Å². The molecule has 0 saturated carbocycles. The Balaban J connectivity index is 1.27. The maximum Gasteiger partial charge on any atom is 0.0786 e. The van der Waals surface area contributed by atoms with Crippen LogP contribution in [-0.4, -0.2) is 4.98 Å². The summed E-state index contributed by atoms with van der Waals surface area (Å²) >= 11 is 1.86. The van der Waals surface area contributed by atoms with E-state index in [-0.39, 0.29) is 0 Å². The van der Waals surface area contributed by atoms with E-state index in [9.17, 15) is 0 Å². The molecule has 8 aromatic rings. The molecule has 0 amide bonds. The fourth-order valence-electron chi connectivity index (χ4n) is 5.76. The molecule has 1 nitrogen and oxygen atoms in total. The number of nitrogens with zero attached hydrogens (tertiary/aromatic N) is 1. The van der Waals surface area contributed by atoms with Crippen molar-refractivity contribution in [1.29, 1.82) is 0 Å². The zero-order valence-electron chi connectivity index (χ0n) is 21.1. The van der Waals surface area contributed by atoms with Gasteiger partial charge in [-0.15, -0.1) is 11.3 Å². The van der Waals surface area contributed by atoms with E-state index in [0.717, 1.165) is 5.52 Å². The van der Waals surface area contributed by atoms with E-state index < -0.39 is 0 Å². The highest BCUT2D eigenvalue weighted by atomic mass is 32.1. The van der Waals surface area contributed by atoms with Gasteiger partial charge in [-0.25, -0.2) is 0 Å². The predicted molar refractivity (Wildman–Crippen MR) is 168 cm³/mol. The minimum atomic E-state index is 1.06. The van der Waals surface area contributed by atoms with Gasteiger partial charge in [0.05, 0.1) is 5.52 Å². The standard InChI is InChI=1S/C37H23NS/c1-2-6-24(7-3-1)25-11-13-26(14-12-25)29-17-19-34-32(22-29)33-23-30(18-20-35(33)39-34)31-10-4-8-27-15-16-28-9-5-21-38-37(28)36(27)31/h1-23H. The first-order valence-corrected chi connectivity index (χ1v) is 14.0. The second-order valence-electron chi connectivity index (χ2n) is 10.0. The summed E-state index contributed by atoms with van der Waals surface area (Å²) in [6.07, 6.45) is 1.89. The molecule has 0 aliphatic rings. The van der Waals surface area contributed by atoms with Crippen molar-refractivity contribution in [2.75, 3.05) is 0 Å². The van der Waals surface area contributed by atoms with Gasteiger partial charge in [0.15, 0.2) is 0 Å². The van der Waals surface area contributed by atoms with Crippen LogP contribution in [0.15, 0.2) is 140 Å². The van der Waals surface area contributed by atoms with E-state index in [4.69, 9.17) is 4.98 Å². The van der Waals surface area contributed by atoms with Crippen molar-refractivity contribution < 1.29 is 0 Å². The number of aromatic nitrogens is 1. The molecular formula is C37H23NS. The number of hydrogen-bond donors (Lipinski definition) is 0. The van der Waals surface area contributed by atoms with Gasteiger partial charge >= 0.3 is 0 Å². The van der Waals surface area contributed by atoms with Gasteiger partial charge in [-0.1, -0.05) is 103 Å². The Bertz CT molecular complexity index is 2160. The molecule has 0 atom stereocenters. The molecule has 0 aliphatic carbocycles. The van der Waals surface area contributed by atoms with Crippen molar-refractivity contribution in [3.8, 4) is 33.4 Å². The van der Waals surface area contributed by atoms with Gasteiger partial charge in [-0.2, -0.15) is 0 Å². The van der Waals surface area contributed by atoms with Crippen LogP contribution in [0.5, 0.6) is 0 Å². The molecule has 0 spiro atoms. The summed E-state index contributed by atoms with van der Waals surface area (Å²) in [6.45, 7) is 0. The topological polar surface area (TPSA) is 12.9 Å². The van der Waals surface area contributed by atoms with E-state index in [1.165, 1.54) is 69.7 Å². The first-order valence-electron chi connectivity index (χ1n) is 13.2. The Kier molecular flexibility index (Phi) is 5.07. The zero-order chi connectivity index (χ0) is 25.8. The van der Waals surface area contributed by atoms with Crippen molar-refractivity contribution in [3.63, 3.8) is 0 Å². The highest BCUT2D eigenvalue weighted by Gasteiger charge is 2.12. The van der Waals surface area contributed by atoms with Crippen molar-refractivity contribution in [2.45, 2.75) is 0 Å². The highest BCUT2D eigenvalue weighted by molar-refractivity contribution is 7.25. The number of hydrogen-bond acceptors (Lipinski definition) is 2. The van der Waals surface area contributed by atoms with Crippen molar-refractivity contribution >= 4 is 53.2 Å². The van der Waals surface area contributed by atoms with Crippen molar-refractivity contribution in [1.82, 2.24) is 4.98 Å². The van der Waals surface area contributed by atoms with Crippen LogP contribution in [0.4, 0.5) is 0 Å². The second-order valence-corrected chi connectivity index (χ2v) is 11.1. The van der Waals surface area contributed by atoms with Gasteiger partial charge < -0.3 is 0 Å². The van der Waals surface area contributed by atoms with Crippen molar-refractivity contribution in [3.05, 3.63) is 140 Å². The van der Waals surface area contributed by atoms with Gasteiger partial charge in [-0.3, -0.25) is 4.98 Å². The van der Waals surface area contributed by atoms with Crippen LogP contribution >= 0.6 is 11.3 Å². The van der Waals surface area contributed by atoms with Gasteiger partial charge in [-0.05, 0) is 69.1 Å². The summed E-state index contributed by atoms with van der Waals surface area (Å²) in [6, 6.07) is 48.3. The fraction of sp³-hybridized carbons (Fsp3) is 0. The lowest BCUT2D eigenvalue weighted by molar-refractivity contribution is 1.43. The first kappa shape index (κ1) is 22.2. The first-order chi connectivity index (χ1) is 19.3. The highest BCUT2D eigenvalue weighted by Crippen LogP contribution is 2.40. The van der Waals surface area contributed by atoms with Gasteiger partial charge in [0.1, 0.15) is 0 Å². The van der Waals surface area contributed by atoms with Crippen LogP contribution in [0.2, 0.25) is 0 Å². The van der Waals surface area contributed by atoms with Crippen LogP contribution in [0, 0.1) is 0 Å².